The molecule has 4 heteroatoms. The van der Waals surface area contributed by atoms with Crippen molar-refractivity contribution in [2.75, 3.05) is 6.54 Å². The van der Waals surface area contributed by atoms with Crippen molar-refractivity contribution >= 4 is 12.2 Å². The Morgan fingerprint density at radius 3 is 2.33 bits per heavy atom. The molecule has 0 fully saturated rings. The zero-order valence-corrected chi connectivity index (χ0v) is 14.9. The van der Waals surface area contributed by atoms with Crippen molar-refractivity contribution < 1.29 is 14.3 Å². The van der Waals surface area contributed by atoms with E-state index in [9.17, 15) is 4.79 Å². The molecule has 0 unspecified atom stereocenters. The Balaban J connectivity index is 1.44. The van der Waals surface area contributed by atoms with Gasteiger partial charge in [-0.25, -0.2) is 4.79 Å². The molecule has 0 heterocycles. The lowest BCUT2D eigenvalue weighted by Gasteiger charge is -2.06. The lowest BCUT2D eigenvalue weighted by molar-refractivity contribution is 0.141. The van der Waals surface area contributed by atoms with E-state index in [-0.39, 0.29) is 6.61 Å². The number of rotatable bonds is 7. The van der Waals surface area contributed by atoms with Gasteiger partial charge in [-0.15, -0.1) is 0 Å². The normalized spacial score (nSPS) is 10.5. The second-order valence-electron chi connectivity index (χ2n) is 5.83. The Morgan fingerprint density at radius 1 is 0.852 bits per heavy atom. The lowest BCUT2D eigenvalue weighted by Crippen LogP contribution is -2.24. The predicted octanol–water partition coefficient (Wildman–Crippen LogP) is 5.42. The van der Waals surface area contributed by atoms with Crippen LogP contribution in [0.15, 0.2) is 91.0 Å². The fourth-order valence-electron chi connectivity index (χ4n) is 2.42. The van der Waals surface area contributed by atoms with Crippen LogP contribution >= 0.6 is 0 Å². The van der Waals surface area contributed by atoms with Crippen molar-refractivity contribution in [3.63, 3.8) is 0 Å². The lowest BCUT2D eigenvalue weighted by atomic mass is 10.2. The molecule has 0 radical (unpaired) electrons. The van der Waals surface area contributed by atoms with Crippen LogP contribution in [0.1, 0.15) is 11.1 Å². The van der Waals surface area contributed by atoms with Gasteiger partial charge in [0.2, 0.25) is 0 Å². The van der Waals surface area contributed by atoms with Crippen molar-refractivity contribution in [2.24, 2.45) is 0 Å². The first kappa shape index (κ1) is 18.3. The Bertz CT molecular complexity index is 876. The fourth-order valence-corrected chi connectivity index (χ4v) is 2.42. The molecule has 136 valence electrons. The highest BCUT2D eigenvalue weighted by atomic mass is 16.5. The van der Waals surface area contributed by atoms with Crippen molar-refractivity contribution in [3.05, 3.63) is 102 Å². The molecule has 3 aromatic carbocycles. The summed E-state index contributed by atoms with van der Waals surface area (Å²) in [7, 11) is 0. The summed E-state index contributed by atoms with van der Waals surface area (Å²) in [5.41, 5.74) is 1.95. The third-order valence-corrected chi connectivity index (χ3v) is 3.72. The van der Waals surface area contributed by atoms with Gasteiger partial charge in [-0.1, -0.05) is 72.8 Å². The van der Waals surface area contributed by atoms with Crippen LogP contribution in [-0.2, 0) is 11.3 Å². The maximum atomic E-state index is 11.7. The highest BCUT2D eigenvalue weighted by Gasteiger charge is 2.00. The molecule has 27 heavy (non-hydrogen) atoms. The number of nitrogens with one attached hydrogen (secondary N) is 1. The van der Waals surface area contributed by atoms with E-state index in [1.807, 2.05) is 97.1 Å². The van der Waals surface area contributed by atoms with Crippen LogP contribution in [0, 0.1) is 0 Å². The Morgan fingerprint density at radius 2 is 1.56 bits per heavy atom. The fraction of sp³-hybridized carbons (Fsp3) is 0.0870. The average Bonchev–Trinajstić information content (AvgIpc) is 2.71. The van der Waals surface area contributed by atoms with Crippen LogP contribution in [0.2, 0.25) is 0 Å². The van der Waals surface area contributed by atoms with E-state index in [1.54, 1.807) is 0 Å². The summed E-state index contributed by atoms with van der Waals surface area (Å²) in [4.78, 5) is 11.7. The van der Waals surface area contributed by atoms with Crippen molar-refractivity contribution in [2.45, 2.75) is 6.61 Å². The number of para-hydroxylation sites is 1. The predicted molar refractivity (Wildman–Crippen MR) is 107 cm³/mol. The number of carbonyl (C=O) groups excluding carboxylic acids is 1. The van der Waals surface area contributed by atoms with Crippen LogP contribution in [0.3, 0.4) is 0 Å². The van der Waals surface area contributed by atoms with Crippen molar-refractivity contribution in [1.29, 1.82) is 0 Å². The second kappa shape index (κ2) is 9.82. The van der Waals surface area contributed by atoms with Crippen LogP contribution < -0.4 is 10.1 Å². The van der Waals surface area contributed by atoms with Gasteiger partial charge >= 0.3 is 6.09 Å². The van der Waals surface area contributed by atoms with E-state index in [0.29, 0.717) is 6.54 Å². The largest absolute Gasteiger partial charge is 0.457 e. The monoisotopic (exact) mass is 359 g/mol. The molecule has 3 aromatic rings. The van der Waals surface area contributed by atoms with Gasteiger partial charge in [-0.3, -0.25) is 0 Å². The van der Waals surface area contributed by atoms with Gasteiger partial charge < -0.3 is 14.8 Å². The number of hydrogen-bond acceptors (Lipinski definition) is 3. The van der Waals surface area contributed by atoms with Gasteiger partial charge in [0.15, 0.2) is 0 Å². The van der Waals surface area contributed by atoms with Gasteiger partial charge in [0.25, 0.3) is 0 Å². The summed E-state index contributed by atoms with van der Waals surface area (Å²) < 4.78 is 11.0. The molecule has 3 rings (SSSR count). The third-order valence-electron chi connectivity index (χ3n) is 3.72. The molecule has 0 aliphatic carbocycles. The molecule has 0 saturated carbocycles. The van der Waals surface area contributed by atoms with E-state index >= 15 is 0 Å². The SMILES string of the molecule is O=C(NCC=Cc1cccc(Oc2ccccc2)c1)OCc1ccccc1. The topological polar surface area (TPSA) is 47.6 Å². The van der Waals surface area contributed by atoms with E-state index < -0.39 is 6.09 Å². The molecule has 0 bridgehead atoms. The minimum atomic E-state index is -0.440. The first-order chi connectivity index (χ1) is 13.3. The molecule has 0 spiro atoms. The van der Waals surface area contributed by atoms with Crippen LogP contribution in [0.25, 0.3) is 6.08 Å². The zero-order chi connectivity index (χ0) is 18.7. The van der Waals surface area contributed by atoms with Crippen molar-refractivity contribution in [3.8, 4) is 11.5 Å². The molecular formula is C23H21NO3. The smallest absolute Gasteiger partial charge is 0.407 e. The van der Waals surface area contributed by atoms with E-state index in [2.05, 4.69) is 5.32 Å². The zero-order valence-electron chi connectivity index (χ0n) is 14.9. The van der Waals surface area contributed by atoms with Gasteiger partial charge in [-0.2, -0.15) is 0 Å². The quantitative estimate of drug-likeness (QED) is 0.613. The third kappa shape index (κ3) is 6.36. The maximum Gasteiger partial charge on any atom is 0.407 e. The van der Waals surface area contributed by atoms with Crippen LogP contribution in [-0.4, -0.2) is 12.6 Å². The number of ether oxygens (including phenoxy) is 2. The van der Waals surface area contributed by atoms with Gasteiger partial charge in [0.1, 0.15) is 18.1 Å². The number of amides is 1. The Hall–Kier alpha value is -3.53. The van der Waals surface area contributed by atoms with Gasteiger partial charge in [0, 0.05) is 6.54 Å². The molecule has 0 aromatic heterocycles. The molecular weight excluding hydrogens is 338 g/mol. The molecule has 4 nitrogen and oxygen atoms in total. The van der Waals surface area contributed by atoms with Crippen LogP contribution in [0.4, 0.5) is 4.79 Å². The summed E-state index contributed by atoms with van der Waals surface area (Å²) in [5.74, 6) is 1.56. The minimum absolute atomic E-state index is 0.259. The summed E-state index contributed by atoms with van der Waals surface area (Å²) >= 11 is 0. The standard InChI is InChI=1S/C23H21NO3/c25-23(26-18-20-9-3-1-4-10-20)24-16-8-12-19-11-7-15-22(17-19)27-21-13-5-2-6-14-21/h1-15,17H,16,18H2,(H,24,25). The number of alkyl carbamates (subject to hydrolysis) is 1. The number of carbonyl (C=O) groups is 1. The van der Waals surface area contributed by atoms with Crippen molar-refractivity contribution in [1.82, 2.24) is 5.32 Å². The van der Waals surface area contributed by atoms with E-state index in [0.717, 1.165) is 22.6 Å². The Kier molecular flexibility index (Phi) is 6.65. The number of hydrogen-bond donors (Lipinski definition) is 1. The Labute approximate surface area is 159 Å². The van der Waals surface area contributed by atoms with Gasteiger partial charge in [0.05, 0.1) is 0 Å². The second-order valence-corrected chi connectivity index (χ2v) is 5.83. The summed E-state index contributed by atoms with van der Waals surface area (Å²) in [6, 6.07) is 27.0. The summed E-state index contributed by atoms with van der Waals surface area (Å²) in [6.45, 7) is 0.645. The maximum absolute atomic E-state index is 11.7. The minimum Gasteiger partial charge on any atom is -0.457 e. The first-order valence-corrected chi connectivity index (χ1v) is 8.74. The highest BCUT2D eigenvalue weighted by molar-refractivity contribution is 5.67. The van der Waals surface area contributed by atoms with E-state index in [4.69, 9.17) is 9.47 Å². The summed E-state index contributed by atoms with van der Waals surface area (Å²) in [6.07, 6.45) is 3.35. The molecule has 1 N–H and O–H groups in total. The molecule has 0 saturated heterocycles. The average molecular weight is 359 g/mol. The molecule has 0 aliphatic rings. The molecule has 1 amide bonds. The molecule has 0 aliphatic heterocycles. The van der Waals surface area contributed by atoms with Gasteiger partial charge in [-0.05, 0) is 35.4 Å². The highest BCUT2D eigenvalue weighted by Crippen LogP contribution is 2.22. The molecule has 0 atom stereocenters. The van der Waals surface area contributed by atoms with E-state index in [1.165, 1.54) is 0 Å². The number of benzene rings is 3. The first-order valence-electron chi connectivity index (χ1n) is 8.74. The van der Waals surface area contributed by atoms with Crippen LogP contribution in [0.5, 0.6) is 11.5 Å². The summed E-state index contributed by atoms with van der Waals surface area (Å²) in [5, 5.41) is 2.70.